The number of hydrogen-bond acceptors (Lipinski definition) is 1. The van der Waals surface area contributed by atoms with Crippen molar-refractivity contribution in [3.63, 3.8) is 0 Å². The van der Waals surface area contributed by atoms with Crippen LogP contribution in [0.1, 0.15) is 24.1 Å². The number of hydrogen-bond donors (Lipinski definition) is 0. The van der Waals surface area contributed by atoms with Crippen LogP contribution in [-0.4, -0.2) is 6.21 Å². The van der Waals surface area contributed by atoms with Crippen molar-refractivity contribution >= 4 is 17.0 Å². The monoisotopic (exact) mass is 277 g/mol. The zero-order valence-electron chi connectivity index (χ0n) is 11.8. The summed E-state index contributed by atoms with van der Waals surface area (Å²) in [7, 11) is 0. The van der Waals surface area contributed by atoms with Gasteiger partial charge in [0.15, 0.2) is 0 Å². The largest absolute Gasteiger partial charge is 0.285 e. The first-order valence-electron chi connectivity index (χ1n) is 7.01. The normalized spacial score (nSPS) is 12.9. The van der Waals surface area contributed by atoms with E-state index in [1.165, 1.54) is 16.8 Å². The minimum atomic E-state index is -0.244. The molecule has 0 spiro atoms. The highest BCUT2D eigenvalue weighted by Crippen LogP contribution is 2.26. The molecule has 0 heterocycles. The van der Waals surface area contributed by atoms with E-state index in [1.807, 2.05) is 31.2 Å². The van der Waals surface area contributed by atoms with Gasteiger partial charge in [-0.05, 0) is 29.3 Å². The van der Waals surface area contributed by atoms with Gasteiger partial charge in [-0.3, -0.25) is 4.99 Å². The van der Waals surface area contributed by atoms with E-state index in [0.717, 1.165) is 5.56 Å². The molecule has 3 aromatic carbocycles. The number of rotatable bonds is 3. The van der Waals surface area contributed by atoms with Crippen LogP contribution in [-0.2, 0) is 0 Å². The highest BCUT2D eigenvalue weighted by molar-refractivity contribution is 5.86. The molecule has 0 aliphatic heterocycles. The van der Waals surface area contributed by atoms with Gasteiger partial charge in [0.25, 0.3) is 0 Å². The van der Waals surface area contributed by atoms with Crippen LogP contribution in [0, 0.1) is 5.82 Å². The van der Waals surface area contributed by atoms with Crippen LogP contribution in [0.5, 0.6) is 0 Å². The van der Waals surface area contributed by atoms with E-state index in [1.54, 1.807) is 18.3 Å². The standard InChI is InChI=1S/C19H16FN/c1-14(21-13-16-8-3-5-12-19(16)20)17-11-6-9-15-7-2-4-10-18(15)17/h2-14H,1H3/t14-/m1/s1. The van der Waals surface area contributed by atoms with Gasteiger partial charge in [0.05, 0.1) is 6.04 Å². The molecule has 2 heteroatoms. The lowest BCUT2D eigenvalue weighted by atomic mass is 10.00. The average molecular weight is 277 g/mol. The topological polar surface area (TPSA) is 12.4 Å². The number of fused-ring (bicyclic) bond motifs is 1. The molecule has 0 bridgehead atoms. The highest BCUT2D eigenvalue weighted by Gasteiger charge is 2.07. The van der Waals surface area contributed by atoms with Gasteiger partial charge in [-0.1, -0.05) is 60.7 Å². The summed E-state index contributed by atoms with van der Waals surface area (Å²) >= 11 is 0. The Bertz CT molecular complexity index is 787. The zero-order valence-corrected chi connectivity index (χ0v) is 11.8. The van der Waals surface area contributed by atoms with Crippen molar-refractivity contribution in [1.29, 1.82) is 0 Å². The van der Waals surface area contributed by atoms with E-state index in [4.69, 9.17) is 0 Å². The van der Waals surface area contributed by atoms with Crippen LogP contribution in [0.15, 0.2) is 71.7 Å². The van der Waals surface area contributed by atoms with Gasteiger partial charge < -0.3 is 0 Å². The molecule has 0 aliphatic carbocycles. The fourth-order valence-electron chi connectivity index (χ4n) is 2.47. The van der Waals surface area contributed by atoms with Crippen molar-refractivity contribution in [1.82, 2.24) is 0 Å². The maximum atomic E-state index is 13.6. The Morgan fingerprint density at radius 1 is 0.905 bits per heavy atom. The first-order valence-corrected chi connectivity index (χ1v) is 7.01. The third-order valence-corrected chi connectivity index (χ3v) is 3.62. The Labute approximate surface area is 123 Å². The molecule has 3 rings (SSSR count). The van der Waals surface area contributed by atoms with E-state index in [-0.39, 0.29) is 11.9 Å². The van der Waals surface area contributed by atoms with Crippen molar-refractivity contribution in [2.24, 2.45) is 4.99 Å². The van der Waals surface area contributed by atoms with Gasteiger partial charge in [-0.15, -0.1) is 0 Å². The summed E-state index contributed by atoms with van der Waals surface area (Å²) in [4.78, 5) is 4.51. The fraction of sp³-hybridized carbons (Fsp3) is 0.105. The van der Waals surface area contributed by atoms with Gasteiger partial charge in [0.2, 0.25) is 0 Å². The number of nitrogens with zero attached hydrogens (tertiary/aromatic N) is 1. The first-order chi connectivity index (χ1) is 10.3. The van der Waals surface area contributed by atoms with E-state index < -0.39 is 0 Å². The summed E-state index contributed by atoms with van der Waals surface area (Å²) < 4.78 is 13.6. The predicted molar refractivity (Wildman–Crippen MR) is 86.4 cm³/mol. The maximum Gasteiger partial charge on any atom is 0.131 e. The Morgan fingerprint density at radius 3 is 2.48 bits per heavy atom. The van der Waals surface area contributed by atoms with Gasteiger partial charge in [-0.25, -0.2) is 4.39 Å². The van der Waals surface area contributed by atoms with Crippen LogP contribution < -0.4 is 0 Å². The first kappa shape index (κ1) is 13.5. The number of aliphatic imine (C=N–C) groups is 1. The van der Waals surface area contributed by atoms with Crippen LogP contribution in [0.3, 0.4) is 0 Å². The maximum absolute atomic E-state index is 13.6. The summed E-state index contributed by atoms with van der Waals surface area (Å²) in [6.07, 6.45) is 1.61. The van der Waals surface area contributed by atoms with Crippen LogP contribution in [0.25, 0.3) is 10.8 Å². The molecule has 0 aromatic heterocycles. The molecule has 0 N–H and O–H groups in total. The molecule has 0 amide bonds. The van der Waals surface area contributed by atoms with Crippen LogP contribution in [0.4, 0.5) is 4.39 Å². The third-order valence-electron chi connectivity index (χ3n) is 3.62. The van der Waals surface area contributed by atoms with Gasteiger partial charge in [-0.2, -0.15) is 0 Å². The molecule has 0 radical (unpaired) electrons. The van der Waals surface area contributed by atoms with Crippen molar-refractivity contribution in [2.45, 2.75) is 13.0 Å². The summed E-state index contributed by atoms with van der Waals surface area (Å²) in [6.45, 7) is 2.03. The molecule has 21 heavy (non-hydrogen) atoms. The van der Waals surface area contributed by atoms with E-state index in [0.29, 0.717) is 5.56 Å². The molecule has 0 fully saturated rings. The lowest BCUT2D eigenvalue weighted by Gasteiger charge is -2.10. The molecular weight excluding hydrogens is 261 g/mol. The molecule has 104 valence electrons. The Morgan fingerprint density at radius 2 is 1.62 bits per heavy atom. The summed E-state index contributed by atoms with van der Waals surface area (Å²) in [6, 6.07) is 21.1. The lowest BCUT2D eigenvalue weighted by molar-refractivity contribution is 0.625. The predicted octanol–water partition coefficient (Wildman–Crippen LogP) is 5.16. The minimum Gasteiger partial charge on any atom is -0.285 e. The Kier molecular flexibility index (Phi) is 3.78. The lowest BCUT2D eigenvalue weighted by Crippen LogP contribution is -1.94. The van der Waals surface area contributed by atoms with Crippen molar-refractivity contribution in [3.8, 4) is 0 Å². The Balaban J connectivity index is 1.94. The van der Waals surface area contributed by atoms with Crippen LogP contribution >= 0.6 is 0 Å². The summed E-state index contributed by atoms with van der Waals surface area (Å²) in [5, 5.41) is 2.39. The third kappa shape index (κ3) is 2.84. The van der Waals surface area contributed by atoms with Gasteiger partial charge in [0.1, 0.15) is 5.82 Å². The molecule has 3 aromatic rings. The van der Waals surface area contributed by atoms with Crippen LogP contribution in [0.2, 0.25) is 0 Å². The SMILES string of the molecule is C[C@@H](N=Cc1ccccc1F)c1cccc2ccccc12. The van der Waals surface area contributed by atoms with Crippen molar-refractivity contribution < 1.29 is 4.39 Å². The smallest absolute Gasteiger partial charge is 0.131 e. The van der Waals surface area contributed by atoms with Gasteiger partial charge in [0, 0.05) is 11.8 Å². The number of benzene rings is 3. The van der Waals surface area contributed by atoms with E-state index in [2.05, 4.69) is 29.3 Å². The van der Waals surface area contributed by atoms with E-state index in [9.17, 15) is 4.39 Å². The molecule has 1 atom stereocenters. The highest BCUT2D eigenvalue weighted by atomic mass is 19.1. The van der Waals surface area contributed by atoms with Gasteiger partial charge >= 0.3 is 0 Å². The molecule has 1 nitrogen and oxygen atoms in total. The molecule has 0 saturated heterocycles. The number of halogens is 1. The quantitative estimate of drug-likeness (QED) is 0.586. The zero-order chi connectivity index (χ0) is 14.7. The second-order valence-electron chi connectivity index (χ2n) is 5.04. The Hall–Kier alpha value is -2.48. The van der Waals surface area contributed by atoms with E-state index >= 15 is 0 Å². The molecule has 0 saturated carbocycles. The molecule has 0 aliphatic rings. The second-order valence-corrected chi connectivity index (χ2v) is 5.04. The summed E-state index contributed by atoms with van der Waals surface area (Å²) in [5.74, 6) is -0.244. The van der Waals surface area contributed by atoms with Crippen molar-refractivity contribution in [2.75, 3.05) is 0 Å². The summed E-state index contributed by atoms with van der Waals surface area (Å²) in [5.41, 5.74) is 1.67. The fourth-order valence-corrected chi connectivity index (χ4v) is 2.47. The second kappa shape index (κ2) is 5.88. The minimum absolute atomic E-state index is 0.0179. The van der Waals surface area contributed by atoms with Crippen molar-refractivity contribution in [3.05, 3.63) is 83.7 Å². The average Bonchev–Trinajstić information content (AvgIpc) is 2.53. The molecule has 0 unspecified atom stereocenters. The molecular formula is C19H16FN.